The molecule has 0 radical (unpaired) electrons. The third-order valence-corrected chi connectivity index (χ3v) is 7.63. The van der Waals surface area contributed by atoms with Crippen molar-refractivity contribution < 1.29 is 18.0 Å². The van der Waals surface area contributed by atoms with Gasteiger partial charge in [-0.15, -0.1) is 0 Å². The van der Waals surface area contributed by atoms with E-state index in [0.717, 1.165) is 22.4 Å². The van der Waals surface area contributed by atoms with Gasteiger partial charge in [0.25, 0.3) is 0 Å². The maximum Gasteiger partial charge on any atom is 0.244 e. The van der Waals surface area contributed by atoms with E-state index in [1.165, 1.54) is 4.90 Å². The van der Waals surface area contributed by atoms with Gasteiger partial charge in [0.1, 0.15) is 12.6 Å². The second kappa shape index (κ2) is 12.0. The van der Waals surface area contributed by atoms with Crippen LogP contribution in [0.5, 0.6) is 0 Å². The van der Waals surface area contributed by atoms with Crippen molar-refractivity contribution >= 4 is 61.5 Å². The first-order valence-electron chi connectivity index (χ1n) is 11.5. The maximum atomic E-state index is 13.7. The number of hydrogen-bond acceptors (Lipinski definition) is 4. The summed E-state index contributed by atoms with van der Waals surface area (Å²) < 4.78 is 26.8. The molecule has 3 aromatic carbocycles. The molecule has 7 nitrogen and oxygen atoms in total. The van der Waals surface area contributed by atoms with Gasteiger partial charge in [-0.25, -0.2) is 8.42 Å². The van der Waals surface area contributed by atoms with Crippen LogP contribution in [0.4, 0.5) is 5.69 Å². The Hall–Kier alpha value is -2.81. The number of nitrogens with zero attached hydrogens (tertiary/aromatic N) is 2. The van der Waals surface area contributed by atoms with Gasteiger partial charge >= 0.3 is 0 Å². The molecule has 1 unspecified atom stereocenters. The highest BCUT2D eigenvalue weighted by Gasteiger charge is 2.30. The van der Waals surface area contributed by atoms with E-state index in [1.807, 2.05) is 37.3 Å². The number of fused-ring (bicyclic) bond motifs is 1. The molecule has 36 heavy (non-hydrogen) atoms. The topological polar surface area (TPSA) is 86.8 Å². The second-order valence-electron chi connectivity index (χ2n) is 8.51. The lowest BCUT2D eigenvalue weighted by molar-refractivity contribution is -0.139. The zero-order valence-corrected chi connectivity index (χ0v) is 22.7. The Morgan fingerprint density at radius 1 is 1.00 bits per heavy atom. The smallest absolute Gasteiger partial charge is 0.244 e. The minimum Gasteiger partial charge on any atom is -0.354 e. The number of hydrogen-bond donors (Lipinski definition) is 1. The van der Waals surface area contributed by atoms with Crippen LogP contribution >= 0.6 is 23.2 Å². The summed E-state index contributed by atoms with van der Waals surface area (Å²) in [7, 11) is -3.84. The third kappa shape index (κ3) is 6.69. The molecule has 0 fully saturated rings. The molecule has 0 heterocycles. The van der Waals surface area contributed by atoms with E-state index in [9.17, 15) is 18.0 Å². The van der Waals surface area contributed by atoms with E-state index in [2.05, 4.69) is 5.32 Å². The Morgan fingerprint density at radius 3 is 2.36 bits per heavy atom. The number of halogens is 2. The number of benzene rings is 3. The molecule has 0 aliphatic carbocycles. The summed E-state index contributed by atoms with van der Waals surface area (Å²) in [6.45, 7) is 3.58. The summed E-state index contributed by atoms with van der Waals surface area (Å²) in [4.78, 5) is 27.8. The first-order chi connectivity index (χ1) is 17.0. The van der Waals surface area contributed by atoms with Crippen LogP contribution in [0.1, 0.15) is 25.8 Å². The molecule has 2 amide bonds. The van der Waals surface area contributed by atoms with E-state index in [0.29, 0.717) is 33.2 Å². The fourth-order valence-electron chi connectivity index (χ4n) is 3.83. The first kappa shape index (κ1) is 27.8. The second-order valence-corrected chi connectivity index (χ2v) is 11.2. The highest BCUT2D eigenvalue weighted by atomic mass is 35.5. The molecule has 1 N–H and O–H groups in total. The lowest BCUT2D eigenvalue weighted by atomic mass is 10.1. The molecule has 10 heteroatoms. The molecule has 0 aliphatic heterocycles. The third-order valence-electron chi connectivity index (χ3n) is 5.77. The molecule has 0 saturated carbocycles. The molecule has 1 atom stereocenters. The van der Waals surface area contributed by atoms with Gasteiger partial charge in [-0.05, 0) is 42.5 Å². The normalized spacial score (nSPS) is 12.2. The van der Waals surface area contributed by atoms with Crippen LogP contribution in [0, 0.1) is 0 Å². The summed E-state index contributed by atoms with van der Waals surface area (Å²) in [5, 5.41) is 5.03. The summed E-state index contributed by atoms with van der Waals surface area (Å²) in [5.74, 6) is -0.861. The average Bonchev–Trinajstić information content (AvgIpc) is 2.85. The SMILES string of the molecule is CCCNC(=O)C(C)N(Cc1ccc(Cl)c(Cl)c1)C(=O)CN(c1cccc2ccccc12)S(C)(=O)=O. The first-order valence-corrected chi connectivity index (χ1v) is 14.1. The fourth-order valence-corrected chi connectivity index (χ4v) is 5.02. The van der Waals surface area contributed by atoms with E-state index < -0.39 is 28.5 Å². The van der Waals surface area contributed by atoms with E-state index in [-0.39, 0.29) is 12.5 Å². The molecule has 0 aromatic heterocycles. The Bertz CT molecular complexity index is 1360. The Balaban J connectivity index is 1.99. The fraction of sp³-hybridized carbons (Fsp3) is 0.308. The number of rotatable bonds is 10. The quantitative estimate of drug-likeness (QED) is 0.391. The van der Waals surface area contributed by atoms with Crippen LogP contribution in [-0.4, -0.2) is 50.5 Å². The summed E-state index contributed by atoms with van der Waals surface area (Å²) in [6, 6.07) is 16.7. The van der Waals surface area contributed by atoms with Gasteiger partial charge in [-0.1, -0.05) is 72.6 Å². The highest BCUT2D eigenvalue weighted by Crippen LogP contribution is 2.29. The van der Waals surface area contributed by atoms with Crippen LogP contribution < -0.4 is 9.62 Å². The van der Waals surface area contributed by atoms with Crippen molar-refractivity contribution in [3.8, 4) is 0 Å². The van der Waals surface area contributed by atoms with Gasteiger partial charge in [0.2, 0.25) is 21.8 Å². The van der Waals surface area contributed by atoms with Crippen LogP contribution in [0.2, 0.25) is 10.0 Å². The number of nitrogens with one attached hydrogen (secondary N) is 1. The summed E-state index contributed by atoms with van der Waals surface area (Å²) in [6.07, 6.45) is 1.80. The van der Waals surface area contributed by atoms with E-state index in [4.69, 9.17) is 23.2 Å². The maximum absolute atomic E-state index is 13.7. The van der Waals surface area contributed by atoms with Crippen LogP contribution in [-0.2, 0) is 26.2 Å². The molecule has 192 valence electrons. The Labute approximate surface area is 222 Å². The van der Waals surface area contributed by atoms with Crippen molar-refractivity contribution in [3.63, 3.8) is 0 Å². The number of carbonyl (C=O) groups is 2. The van der Waals surface area contributed by atoms with E-state index in [1.54, 1.807) is 37.3 Å². The van der Waals surface area contributed by atoms with Gasteiger partial charge in [0.15, 0.2) is 0 Å². The van der Waals surface area contributed by atoms with Crippen molar-refractivity contribution in [3.05, 3.63) is 76.3 Å². The molecule has 0 saturated heterocycles. The zero-order valence-electron chi connectivity index (χ0n) is 20.4. The van der Waals surface area contributed by atoms with Gasteiger partial charge in [0, 0.05) is 18.5 Å². The molecule has 0 aliphatic rings. The number of anilines is 1. The lowest BCUT2D eigenvalue weighted by Gasteiger charge is -2.32. The molecule has 3 rings (SSSR count). The average molecular weight is 551 g/mol. The predicted octanol–water partition coefficient (Wildman–Crippen LogP) is 4.86. The minimum absolute atomic E-state index is 0.0452. The molecular formula is C26H29Cl2N3O4S. The molecular weight excluding hydrogens is 521 g/mol. The van der Waals surface area contributed by atoms with Crippen molar-refractivity contribution in [1.82, 2.24) is 10.2 Å². The standard InChI is InChI=1S/C26H29Cl2N3O4S/c1-4-14-29-26(33)18(2)30(16-19-12-13-22(27)23(28)15-19)25(32)17-31(36(3,34)35)24-11-7-9-20-8-5-6-10-21(20)24/h5-13,15,18H,4,14,16-17H2,1-3H3,(H,29,33). The summed E-state index contributed by atoms with van der Waals surface area (Å²) in [5.41, 5.74) is 1.05. The van der Waals surface area contributed by atoms with Crippen molar-refractivity contribution in [2.75, 3.05) is 23.7 Å². The monoisotopic (exact) mass is 549 g/mol. The van der Waals surface area contributed by atoms with Gasteiger partial charge in [-0.3, -0.25) is 13.9 Å². The Kier molecular flexibility index (Phi) is 9.22. The number of amides is 2. The number of carbonyl (C=O) groups excluding carboxylic acids is 2. The lowest BCUT2D eigenvalue weighted by Crippen LogP contribution is -2.51. The largest absolute Gasteiger partial charge is 0.354 e. The Morgan fingerprint density at radius 2 is 1.69 bits per heavy atom. The molecule has 0 spiro atoms. The highest BCUT2D eigenvalue weighted by molar-refractivity contribution is 7.92. The molecule has 0 bridgehead atoms. The number of sulfonamides is 1. The molecule has 3 aromatic rings. The zero-order chi connectivity index (χ0) is 26.5. The van der Waals surface area contributed by atoms with Gasteiger partial charge in [-0.2, -0.15) is 0 Å². The van der Waals surface area contributed by atoms with Crippen molar-refractivity contribution in [1.29, 1.82) is 0 Å². The predicted molar refractivity (Wildman–Crippen MR) is 146 cm³/mol. The van der Waals surface area contributed by atoms with Gasteiger partial charge < -0.3 is 10.2 Å². The van der Waals surface area contributed by atoms with E-state index >= 15 is 0 Å². The minimum atomic E-state index is -3.84. The summed E-state index contributed by atoms with van der Waals surface area (Å²) >= 11 is 12.2. The van der Waals surface area contributed by atoms with Gasteiger partial charge in [0.05, 0.1) is 22.0 Å². The van der Waals surface area contributed by atoms with Crippen LogP contribution in [0.15, 0.2) is 60.7 Å². The van der Waals surface area contributed by atoms with Crippen molar-refractivity contribution in [2.24, 2.45) is 0 Å². The van der Waals surface area contributed by atoms with Crippen LogP contribution in [0.25, 0.3) is 10.8 Å². The van der Waals surface area contributed by atoms with Crippen LogP contribution in [0.3, 0.4) is 0 Å². The van der Waals surface area contributed by atoms with Crippen molar-refractivity contribution in [2.45, 2.75) is 32.9 Å².